The standard InChI is InChI=1S/C15H19N3O3S/c16-12-13-5-3-6-14(11-13)15(19)17-7-4-9-18-8-1-2-10-22(18,20)21/h3,5-6,11H,1-2,4,7-10H2,(H,17,19). The highest BCUT2D eigenvalue weighted by atomic mass is 32.2. The van der Waals surface area contributed by atoms with Crippen LogP contribution in [0.15, 0.2) is 24.3 Å². The first kappa shape index (κ1) is 16.5. The first-order valence-electron chi connectivity index (χ1n) is 7.29. The molecule has 22 heavy (non-hydrogen) atoms. The molecule has 0 saturated carbocycles. The fraction of sp³-hybridized carbons (Fsp3) is 0.467. The molecule has 0 aromatic heterocycles. The van der Waals surface area contributed by atoms with Gasteiger partial charge in [0.25, 0.3) is 5.91 Å². The molecule has 1 N–H and O–H groups in total. The summed E-state index contributed by atoms with van der Waals surface area (Å²) in [5, 5.41) is 11.6. The number of carbonyl (C=O) groups is 1. The number of amides is 1. The summed E-state index contributed by atoms with van der Waals surface area (Å²) < 4.78 is 25.1. The van der Waals surface area contributed by atoms with E-state index in [4.69, 9.17) is 5.26 Å². The van der Waals surface area contributed by atoms with Crippen molar-refractivity contribution in [2.45, 2.75) is 19.3 Å². The summed E-state index contributed by atoms with van der Waals surface area (Å²) in [6, 6.07) is 8.46. The average molecular weight is 321 g/mol. The van der Waals surface area contributed by atoms with E-state index in [0.717, 1.165) is 12.8 Å². The molecule has 1 heterocycles. The molecule has 0 bridgehead atoms. The Morgan fingerprint density at radius 2 is 2.18 bits per heavy atom. The van der Waals surface area contributed by atoms with Crippen LogP contribution in [0.5, 0.6) is 0 Å². The Kier molecular flexibility index (Phi) is 5.52. The SMILES string of the molecule is N#Cc1cccc(C(=O)NCCCN2CCCCS2(=O)=O)c1. The maximum atomic E-state index is 11.9. The van der Waals surface area contributed by atoms with Gasteiger partial charge in [-0.05, 0) is 37.5 Å². The van der Waals surface area contributed by atoms with Crippen molar-refractivity contribution in [3.63, 3.8) is 0 Å². The maximum absolute atomic E-state index is 11.9. The van der Waals surface area contributed by atoms with Crippen molar-refractivity contribution in [1.82, 2.24) is 9.62 Å². The summed E-state index contributed by atoms with van der Waals surface area (Å²) in [5.41, 5.74) is 0.872. The second kappa shape index (κ2) is 7.38. The quantitative estimate of drug-likeness (QED) is 0.822. The topological polar surface area (TPSA) is 90.3 Å². The van der Waals surface area contributed by atoms with Gasteiger partial charge in [-0.1, -0.05) is 6.07 Å². The van der Waals surface area contributed by atoms with Gasteiger partial charge < -0.3 is 5.32 Å². The van der Waals surface area contributed by atoms with E-state index in [0.29, 0.717) is 37.2 Å². The number of nitriles is 1. The van der Waals surface area contributed by atoms with Gasteiger partial charge in [0.2, 0.25) is 10.0 Å². The van der Waals surface area contributed by atoms with Gasteiger partial charge in [0, 0.05) is 25.2 Å². The van der Waals surface area contributed by atoms with Gasteiger partial charge >= 0.3 is 0 Å². The predicted molar refractivity (Wildman–Crippen MR) is 82.7 cm³/mol. The van der Waals surface area contributed by atoms with Crippen molar-refractivity contribution in [2.75, 3.05) is 25.4 Å². The molecule has 0 radical (unpaired) electrons. The molecular formula is C15H19N3O3S. The van der Waals surface area contributed by atoms with Crippen LogP contribution in [0.25, 0.3) is 0 Å². The lowest BCUT2D eigenvalue weighted by Crippen LogP contribution is -2.39. The molecule has 1 fully saturated rings. The minimum atomic E-state index is -3.10. The van der Waals surface area contributed by atoms with Gasteiger partial charge in [-0.2, -0.15) is 5.26 Å². The van der Waals surface area contributed by atoms with Crippen molar-refractivity contribution in [3.8, 4) is 6.07 Å². The normalized spacial score (nSPS) is 17.6. The third kappa shape index (κ3) is 4.29. The van der Waals surface area contributed by atoms with Gasteiger partial charge in [-0.3, -0.25) is 4.79 Å². The van der Waals surface area contributed by atoms with E-state index in [9.17, 15) is 13.2 Å². The van der Waals surface area contributed by atoms with Crippen LogP contribution in [0, 0.1) is 11.3 Å². The highest BCUT2D eigenvalue weighted by Crippen LogP contribution is 2.13. The van der Waals surface area contributed by atoms with Gasteiger partial charge in [0.05, 0.1) is 17.4 Å². The van der Waals surface area contributed by atoms with Crippen LogP contribution in [-0.4, -0.2) is 44.0 Å². The molecule has 7 heteroatoms. The van der Waals surface area contributed by atoms with E-state index in [1.165, 1.54) is 10.4 Å². The Balaban J connectivity index is 1.79. The third-order valence-corrected chi connectivity index (χ3v) is 5.53. The number of benzene rings is 1. The molecule has 0 spiro atoms. The van der Waals surface area contributed by atoms with Crippen molar-refractivity contribution in [2.24, 2.45) is 0 Å². The van der Waals surface area contributed by atoms with Gasteiger partial charge in [0.15, 0.2) is 0 Å². The molecule has 118 valence electrons. The molecule has 1 aliphatic heterocycles. The fourth-order valence-corrected chi connectivity index (χ4v) is 4.02. The number of rotatable bonds is 5. The number of sulfonamides is 1. The third-order valence-electron chi connectivity index (χ3n) is 3.58. The molecular weight excluding hydrogens is 302 g/mol. The van der Waals surface area contributed by atoms with Crippen LogP contribution in [0.2, 0.25) is 0 Å². The summed E-state index contributed by atoms with van der Waals surface area (Å²) in [7, 11) is -3.10. The number of carbonyl (C=O) groups excluding carboxylic acids is 1. The van der Waals surface area contributed by atoms with E-state index in [-0.39, 0.29) is 11.7 Å². The largest absolute Gasteiger partial charge is 0.352 e. The summed E-state index contributed by atoms with van der Waals surface area (Å²) in [4.78, 5) is 11.9. The van der Waals surface area contributed by atoms with E-state index in [1.54, 1.807) is 18.2 Å². The van der Waals surface area contributed by atoms with Gasteiger partial charge in [-0.15, -0.1) is 0 Å². The Morgan fingerprint density at radius 3 is 2.91 bits per heavy atom. The minimum absolute atomic E-state index is 0.223. The van der Waals surface area contributed by atoms with Gasteiger partial charge in [-0.25, -0.2) is 12.7 Å². The first-order valence-corrected chi connectivity index (χ1v) is 8.90. The lowest BCUT2D eigenvalue weighted by molar-refractivity contribution is 0.0952. The van der Waals surface area contributed by atoms with Crippen LogP contribution in [0.3, 0.4) is 0 Å². The molecule has 0 unspecified atom stereocenters. The molecule has 1 aliphatic rings. The summed E-state index contributed by atoms with van der Waals surface area (Å²) in [5.74, 6) is -0.0288. The highest BCUT2D eigenvalue weighted by molar-refractivity contribution is 7.89. The highest BCUT2D eigenvalue weighted by Gasteiger charge is 2.24. The number of hydrogen-bond donors (Lipinski definition) is 1. The van der Waals surface area contributed by atoms with Crippen molar-refractivity contribution >= 4 is 15.9 Å². The molecule has 0 atom stereocenters. The minimum Gasteiger partial charge on any atom is -0.352 e. The van der Waals surface area contributed by atoms with Crippen LogP contribution in [0.1, 0.15) is 35.2 Å². The molecule has 1 amide bonds. The zero-order chi connectivity index (χ0) is 16.0. The number of nitrogens with one attached hydrogen (secondary N) is 1. The summed E-state index contributed by atoms with van der Waals surface area (Å²) >= 11 is 0. The second-order valence-electron chi connectivity index (χ2n) is 5.22. The van der Waals surface area contributed by atoms with Crippen LogP contribution >= 0.6 is 0 Å². The zero-order valence-electron chi connectivity index (χ0n) is 12.3. The van der Waals surface area contributed by atoms with E-state index < -0.39 is 10.0 Å². The Labute approximate surface area is 130 Å². The molecule has 1 aromatic rings. The van der Waals surface area contributed by atoms with Crippen LogP contribution < -0.4 is 5.32 Å². The molecule has 2 rings (SSSR count). The van der Waals surface area contributed by atoms with E-state index in [1.807, 2.05) is 6.07 Å². The monoisotopic (exact) mass is 321 g/mol. The van der Waals surface area contributed by atoms with Crippen LogP contribution in [0.4, 0.5) is 0 Å². The molecule has 0 aliphatic carbocycles. The smallest absolute Gasteiger partial charge is 0.251 e. The molecule has 1 aromatic carbocycles. The molecule has 1 saturated heterocycles. The Hall–Kier alpha value is -1.91. The lowest BCUT2D eigenvalue weighted by Gasteiger charge is -2.26. The summed E-state index contributed by atoms with van der Waals surface area (Å²) in [6.45, 7) is 1.41. The number of nitrogens with zero attached hydrogens (tertiary/aromatic N) is 2. The van der Waals surface area contributed by atoms with Crippen LogP contribution in [-0.2, 0) is 10.0 Å². The first-order chi connectivity index (χ1) is 10.5. The fourth-order valence-electron chi connectivity index (χ4n) is 2.38. The van der Waals surface area contributed by atoms with Crippen molar-refractivity contribution in [1.29, 1.82) is 5.26 Å². The van der Waals surface area contributed by atoms with Gasteiger partial charge in [0.1, 0.15) is 0 Å². The Morgan fingerprint density at radius 1 is 1.36 bits per heavy atom. The van der Waals surface area contributed by atoms with E-state index >= 15 is 0 Å². The van der Waals surface area contributed by atoms with Crippen molar-refractivity contribution in [3.05, 3.63) is 35.4 Å². The average Bonchev–Trinajstić information content (AvgIpc) is 2.52. The lowest BCUT2D eigenvalue weighted by atomic mass is 10.1. The number of hydrogen-bond acceptors (Lipinski definition) is 4. The summed E-state index contributed by atoms with van der Waals surface area (Å²) in [6.07, 6.45) is 2.19. The van der Waals surface area contributed by atoms with Crippen molar-refractivity contribution < 1.29 is 13.2 Å². The molecule has 6 nitrogen and oxygen atoms in total. The zero-order valence-corrected chi connectivity index (χ0v) is 13.1. The maximum Gasteiger partial charge on any atom is 0.251 e. The second-order valence-corrected chi connectivity index (χ2v) is 7.31. The predicted octanol–water partition coefficient (Wildman–Crippen LogP) is 1.10. The Bertz CT molecular complexity index is 680. The van der Waals surface area contributed by atoms with E-state index in [2.05, 4.69) is 5.32 Å².